The molecule has 0 radical (unpaired) electrons. The number of nitrogens with one attached hydrogen (secondary N) is 1. The van der Waals surface area contributed by atoms with Crippen LogP contribution in [0.15, 0.2) is 18.2 Å². The Kier molecular flexibility index (Phi) is 7.80. The number of anilines is 2. The molecule has 2 aromatic heterocycles. The highest BCUT2D eigenvalue weighted by molar-refractivity contribution is 7.22. The Morgan fingerprint density at radius 3 is 2.80 bits per heavy atom. The third-order valence-electron chi connectivity index (χ3n) is 10.6. The Balaban J connectivity index is 1.31. The van der Waals surface area contributed by atoms with Gasteiger partial charge in [0.05, 0.1) is 27.4 Å². The zero-order valence-electron chi connectivity index (χ0n) is 26.2. The lowest BCUT2D eigenvalue weighted by molar-refractivity contribution is -0.137. The molecule has 5 atom stereocenters. The van der Waals surface area contributed by atoms with Gasteiger partial charge in [0.15, 0.2) is 10.9 Å². The summed E-state index contributed by atoms with van der Waals surface area (Å²) in [5.74, 6) is -1.91. The smallest absolute Gasteiger partial charge is 0.417 e. The molecule has 4 aromatic rings. The number of hydrogen-bond acceptors (Lipinski definition) is 10. The minimum atomic E-state index is -5.03. The molecule has 0 spiro atoms. The highest BCUT2D eigenvalue weighted by atomic mass is 32.1. The molecule has 4 fully saturated rings. The number of ether oxygens (including phenoxy) is 1. The van der Waals surface area contributed by atoms with Crippen molar-refractivity contribution in [3.63, 3.8) is 0 Å². The van der Waals surface area contributed by atoms with Crippen molar-refractivity contribution in [2.45, 2.75) is 81.0 Å². The van der Waals surface area contributed by atoms with Crippen LogP contribution in [0.1, 0.15) is 50.5 Å². The van der Waals surface area contributed by atoms with E-state index in [1.54, 1.807) is 0 Å². The minimum Gasteiger partial charge on any atom is -0.461 e. The van der Waals surface area contributed by atoms with Crippen molar-refractivity contribution in [2.24, 2.45) is 0 Å². The van der Waals surface area contributed by atoms with Gasteiger partial charge < -0.3 is 20.7 Å². The molecule has 3 N–H and O–H groups in total. The molecule has 49 heavy (non-hydrogen) atoms. The number of thiazole rings is 1. The summed E-state index contributed by atoms with van der Waals surface area (Å²) >= 11 is 0.754. The number of nitriles is 1. The lowest BCUT2D eigenvalue weighted by Gasteiger charge is -2.31. The molecular weight excluding hydrogens is 670 g/mol. The van der Waals surface area contributed by atoms with Crippen LogP contribution in [0.5, 0.6) is 6.01 Å². The molecule has 4 saturated heterocycles. The summed E-state index contributed by atoms with van der Waals surface area (Å²) < 4.78 is 97.1. The van der Waals surface area contributed by atoms with Crippen LogP contribution in [0, 0.1) is 23.0 Å². The van der Waals surface area contributed by atoms with E-state index in [4.69, 9.17) is 15.7 Å². The van der Waals surface area contributed by atoms with Crippen molar-refractivity contribution in [2.75, 3.05) is 36.9 Å². The van der Waals surface area contributed by atoms with Gasteiger partial charge in [-0.2, -0.15) is 28.4 Å². The number of fused-ring (bicyclic) bond motifs is 5. The summed E-state index contributed by atoms with van der Waals surface area (Å²) in [6.45, 7) is 1.50. The molecule has 2 aromatic carbocycles. The number of nitrogens with two attached hydrogens (primary N) is 1. The van der Waals surface area contributed by atoms with Gasteiger partial charge in [-0.05, 0) is 56.8 Å². The predicted molar refractivity (Wildman–Crippen MR) is 172 cm³/mol. The summed E-state index contributed by atoms with van der Waals surface area (Å²) in [5.41, 5.74) is 2.27. The molecule has 16 heteroatoms. The van der Waals surface area contributed by atoms with E-state index in [9.17, 15) is 22.0 Å². The van der Waals surface area contributed by atoms with Gasteiger partial charge in [0, 0.05) is 60.6 Å². The minimum absolute atomic E-state index is 0.0371. The van der Waals surface area contributed by atoms with Gasteiger partial charge in [-0.3, -0.25) is 4.90 Å². The average Bonchev–Trinajstić information content (AvgIpc) is 3.86. The van der Waals surface area contributed by atoms with Crippen LogP contribution in [0.2, 0.25) is 0 Å². The van der Waals surface area contributed by atoms with Gasteiger partial charge in [0.1, 0.15) is 29.9 Å². The van der Waals surface area contributed by atoms with Crippen LogP contribution in [0.3, 0.4) is 0 Å². The van der Waals surface area contributed by atoms with Crippen molar-refractivity contribution in [3.8, 4) is 23.2 Å². The molecule has 6 heterocycles. The molecule has 0 amide bonds. The third kappa shape index (κ3) is 5.32. The highest BCUT2D eigenvalue weighted by Crippen LogP contribution is 2.49. The van der Waals surface area contributed by atoms with E-state index in [-0.39, 0.29) is 81.3 Å². The van der Waals surface area contributed by atoms with Crippen molar-refractivity contribution < 1.29 is 31.1 Å². The number of halogens is 6. The monoisotopic (exact) mass is 702 g/mol. The molecule has 0 saturated carbocycles. The van der Waals surface area contributed by atoms with Crippen LogP contribution in [0.25, 0.3) is 32.2 Å². The number of alkyl halides is 4. The molecule has 4 aliphatic heterocycles. The summed E-state index contributed by atoms with van der Waals surface area (Å²) in [6, 6.07) is 4.44. The number of nitrogen functional groups attached to an aromatic ring is 1. The van der Waals surface area contributed by atoms with Crippen molar-refractivity contribution in [1.29, 1.82) is 5.26 Å². The molecular formula is C33H32F6N8OS. The first-order valence-electron chi connectivity index (χ1n) is 16.3. The second-order valence-electron chi connectivity index (χ2n) is 13.4. The fourth-order valence-corrected chi connectivity index (χ4v) is 9.40. The van der Waals surface area contributed by atoms with Crippen LogP contribution >= 0.6 is 11.3 Å². The van der Waals surface area contributed by atoms with Crippen molar-refractivity contribution in [1.82, 2.24) is 25.2 Å². The number of nitrogens with zero attached hydrogens (tertiary/aromatic N) is 6. The summed E-state index contributed by atoms with van der Waals surface area (Å²) in [4.78, 5) is 17.1. The molecule has 4 aliphatic rings. The zero-order chi connectivity index (χ0) is 34.2. The Morgan fingerprint density at radius 2 is 2.00 bits per heavy atom. The highest BCUT2D eigenvalue weighted by Gasteiger charge is 2.50. The number of aromatic nitrogens is 3. The fourth-order valence-electron chi connectivity index (χ4n) is 8.63. The van der Waals surface area contributed by atoms with E-state index < -0.39 is 40.6 Å². The normalized spacial score (nSPS) is 26.7. The third-order valence-corrected chi connectivity index (χ3v) is 11.5. The van der Waals surface area contributed by atoms with E-state index in [2.05, 4.69) is 26.3 Å². The van der Waals surface area contributed by atoms with Crippen LogP contribution in [-0.4, -0.2) is 75.9 Å². The van der Waals surface area contributed by atoms with E-state index in [1.807, 2.05) is 9.80 Å². The standard InChI is InChI=1S/C33H32F6N8OS/c34-16-13-32(7-1-10-46(32)14-16)15-48-31-44-26-19(29(45-31)47-17-3-6-23(47)22(11-17)42-9-2-8-40)12-20(33(37,38)39)24(25(26)36)18-4-5-21(35)28-27(18)43-30(41)49-28/h4-5,12,16-17,22-23,42H,1-3,6-7,9-11,13-15H2,(H2,41,43)/t16-,17-,22?,23+,32+/m1/s1. The van der Waals surface area contributed by atoms with Gasteiger partial charge in [-0.15, -0.1) is 0 Å². The second kappa shape index (κ2) is 11.8. The SMILES string of the molecule is N#CCCNC1C[C@H]2CC[C@@H]1N2c1nc(OC[C@@]23CCCN2C[C@H](F)C3)nc2c(F)c(-c3ccc(F)c4sc(N)nc34)c(C(F)(F)F)cc12. The summed E-state index contributed by atoms with van der Waals surface area (Å²) in [6.07, 6.45) is -1.78. The topological polar surface area (TPSA) is 116 Å². The van der Waals surface area contributed by atoms with E-state index in [0.717, 1.165) is 55.3 Å². The number of rotatable bonds is 8. The zero-order valence-corrected chi connectivity index (χ0v) is 27.0. The van der Waals surface area contributed by atoms with Gasteiger partial charge in [-0.25, -0.2) is 18.2 Å². The van der Waals surface area contributed by atoms with Crippen LogP contribution in [0.4, 0.5) is 37.3 Å². The van der Waals surface area contributed by atoms with Gasteiger partial charge in [-0.1, -0.05) is 11.3 Å². The lowest BCUT2D eigenvalue weighted by Crippen LogP contribution is -2.43. The summed E-state index contributed by atoms with van der Waals surface area (Å²) in [5, 5.41) is 12.2. The lowest BCUT2D eigenvalue weighted by atomic mass is 9.95. The van der Waals surface area contributed by atoms with Gasteiger partial charge in [0.25, 0.3) is 0 Å². The first-order chi connectivity index (χ1) is 23.5. The molecule has 0 aliphatic carbocycles. The molecule has 1 unspecified atom stereocenters. The van der Waals surface area contributed by atoms with Gasteiger partial charge in [0.2, 0.25) is 0 Å². The maximum Gasteiger partial charge on any atom is 0.417 e. The Hall–Kier alpha value is -3.94. The predicted octanol–water partition coefficient (Wildman–Crippen LogP) is 6.35. The Labute approximate surface area is 281 Å². The quantitative estimate of drug-likeness (QED) is 0.160. The van der Waals surface area contributed by atoms with E-state index in [0.29, 0.717) is 25.8 Å². The molecule has 2 bridgehead atoms. The number of hydrogen-bond donors (Lipinski definition) is 2. The first-order valence-corrected chi connectivity index (χ1v) is 17.2. The maximum absolute atomic E-state index is 17.0. The van der Waals surface area contributed by atoms with Crippen LogP contribution in [-0.2, 0) is 6.18 Å². The van der Waals surface area contributed by atoms with Crippen molar-refractivity contribution in [3.05, 3.63) is 35.4 Å². The second-order valence-corrected chi connectivity index (χ2v) is 14.5. The molecule has 8 rings (SSSR count). The van der Waals surface area contributed by atoms with E-state index >= 15 is 4.39 Å². The molecule has 258 valence electrons. The number of benzene rings is 2. The van der Waals surface area contributed by atoms with Crippen LogP contribution < -0.4 is 20.7 Å². The summed E-state index contributed by atoms with van der Waals surface area (Å²) in [7, 11) is 0. The Bertz CT molecular complexity index is 2000. The van der Waals surface area contributed by atoms with Gasteiger partial charge >= 0.3 is 12.2 Å². The average molecular weight is 703 g/mol. The maximum atomic E-state index is 17.0. The fraction of sp³-hybridized carbons (Fsp3) is 0.515. The largest absolute Gasteiger partial charge is 0.461 e. The van der Waals surface area contributed by atoms with E-state index in [1.165, 1.54) is 0 Å². The van der Waals surface area contributed by atoms with Crippen molar-refractivity contribution >= 4 is 43.4 Å². The first kappa shape index (κ1) is 32.3. The Morgan fingerprint density at radius 1 is 1.16 bits per heavy atom. The molecule has 9 nitrogen and oxygen atoms in total.